The third kappa shape index (κ3) is 11.8. The van der Waals surface area contributed by atoms with Gasteiger partial charge in [0.1, 0.15) is 5.78 Å². The van der Waals surface area contributed by atoms with Crippen LogP contribution in [0.1, 0.15) is 87.0 Å². The second kappa shape index (κ2) is 21.1. The van der Waals surface area contributed by atoms with Gasteiger partial charge in [-0.2, -0.15) is 0 Å². The van der Waals surface area contributed by atoms with E-state index in [4.69, 9.17) is 14.2 Å². The molecule has 0 radical (unpaired) electrons. The third-order valence-corrected chi connectivity index (χ3v) is 10.6. The molecule has 12 nitrogen and oxygen atoms in total. The average molecular weight is 698 g/mol. The summed E-state index contributed by atoms with van der Waals surface area (Å²) in [5.41, 5.74) is 0. The van der Waals surface area contributed by atoms with E-state index in [-0.39, 0.29) is 72.5 Å². The first kappa shape index (κ1) is 44.6. The summed E-state index contributed by atoms with van der Waals surface area (Å²) in [6.07, 6.45) is 0.854. The van der Waals surface area contributed by atoms with Gasteiger partial charge in [0.25, 0.3) is 0 Å². The van der Waals surface area contributed by atoms with Gasteiger partial charge in [-0.25, -0.2) is 0 Å². The monoisotopic (exact) mass is 697 g/mol. The lowest BCUT2D eigenvalue weighted by Gasteiger charge is -2.41. The Morgan fingerprint density at radius 1 is 0.857 bits per heavy atom. The fourth-order valence-corrected chi connectivity index (χ4v) is 7.62. The summed E-state index contributed by atoms with van der Waals surface area (Å²) in [5.74, 6) is -3.27. The van der Waals surface area contributed by atoms with E-state index in [0.29, 0.717) is 13.0 Å². The third-order valence-electron chi connectivity index (χ3n) is 10.6. The maximum Gasteiger partial charge on any atom is 0.311 e. The van der Waals surface area contributed by atoms with E-state index >= 15 is 0 Å². The number of likely N-dealkylation sites (tertiary alicyclic amines) is 1. The Labute approximate surface area is 295 Å². The highest BCUT2D eigenvalue weighted by Crippen LogP contribution is 2.31. The van der Waals surface area contributed by atoms with Crippen LogP contribution >= 0.6 is 0 Å². The maximum atomic E-state index is 14.2. The molecular formula is C37H67N3O9. The zero-order valence-electron chi connectivity index (χ0n) is 32.6. The van der Waals surface area contributed by atoms with Crippen LogP contribution in [0.3, 0.4) is 0 Å². The minimum Gasteiger partial charge on any atom is -0.469 e. The first-order chi connectivity index (χ1) is 22.9. The fraction of sp³-hybridized carbons (Fsp3) is 0.865. The molecule has 0 aromatic heterocycles. The van der Waals surface area contributed by atoms with E-state index in [1.165, 1.54) is 14.2 Å². The van der Waals surface area contributed by atoms with Crippen molar-refractivity contribution in [3.05, 3.63) is 0 Å². The van der Waals surface area contributed by atoms with Gasteiger partial charge in [-0.05, 0) is 44.7 Å². The topological polar surface area (TPSA) is 143 Å². The minimum absolute atomic E-state index is 0.00609. The largest absolute Gasteiger partial charge is 0.469 e. The highest BCUT2D eigenvalue weighted by atomic mass is 16.5. The predicted molar refractivity (Wildman–Crippen MR) is 189 cm³/mol. The molecule has 2 amide bonds. The average Bonchev–Trinajstić information content (AvgIpc) is 3.54. The highest BCUT2D eigenvalue weighted by molar-refractivity contribution is 5.90. The summed E-state index contributed by atoms with van der Waals surface area (Å²) in [6.45, 7) is 13.7. The number of esters is 1. The quantitative estimate of drug-likeness (QED) is 0.167. The number of hydrogen-bond acceptors (Lipinski definition) is 10. The molecule has 0 bridgehead atoms. The number of carbonyl (C=O) groups is 5. The van der Waals surface area contributed by atoms with Crippen LogP contribution in [0.5, 0.6) is 0 Å². The number of rotatable bonds is 22. The van der Waals surface area contributed by atoms with E-state index in [2.05, 4.69) is 0 Å². The summed E-state index contributed by atoms with van der Waals surface area (Å²) >= 11 is 0. The fourth-order valence-electron chi connectivity index (χ4n) is 7.62. The normalized spacial score (nSPS) is 20.0. The van der Waals surface area contributed by atoms with Gasteiger partial charge in [0.05, 0.1) is 56.4 Å². The second-order valence-corrected chi connectivity index (χ2v) is 14.8. The molecule has 0 spiro atoms. The first-order valence-corrected chi connectivity index (χ1v) is 18.0. The van der Waals surface area contributed by atoms with Gasteiger partial charge >= 0.3 is 5.97 Å². The van der Waals surface area contributed by atoms with Crippen molar-refractivity contribution in [3.63, 3.8) is 0 Å². The Morgan fingerprint density at radius 3 is 1.92 bits per heavy atom. The Balaban J connectivity index is 3.27. The van der Waals surface area contributed by atoms with Gasteiger partial charge in [-0.3, -0.25) is 28.9 Å². The molecule has 1 saturated heterocycles. The first-order valence-electron chi connectivity index (χ1n) is 18.0. The van der Waals surface area contributed by atoms with Crippen LogP contribution in [-0.2, 0) is 38.2 Å². The molecular weight excluding hydrogens is 630 g/mol. The Hall–Kier alpha value is -2.41. The van der Waals surface area contributed by atoms with Crippen molar-refractivity contribution < 1.29 is 43.3 Å². The zero-order chi connectivity index (χ0) is 37.7. The molecule has 49 heavy (non-hydrogen) atoms. The Kier molecular flexibility index (Phi) is 19.2. The van der Waals surface area contributed by atoms with Gasteiger partial charge < -0.3 is 29.1 Å². The zero-order valence-corrected chi connectivity index (χ0v) is 32.6. The Bertz CT molecular complexity index is 1070. The smallest absolute Gasteiger partial charge is 0.311 e. The molecule has 12 heteroatoms. The van der Waals surface area contributed by atoms with Crippen molar-refractivity contribution in [1.82, 2.24) is 14.7 Å². The van der Waals surface area contributed by atoms with Crippen molar-refractivity contribution in [3.8, 4) is 0 Å². The van der Waals surface area contributed by atoms with Crippen LogP contribution in [0, 0.1) is 35.5 Å². The van der Waals surface area contributed by atoms with Crippen LogP contribution in [0.15, 0.2) is 0 Å². The molecule has 1 rings (SSSR count). The summed E-state index contributed by atoms with van der Waals surface area (Å²) < 4.78 is 16.5. The number of hydrogen-bond donors (Lipinski definition) is 1. The van der Waals surface area contributed by atoms with E-state index < -0.39 is 48.6 Å². The van der Waals surface area contributed by atoms with Crippen LogP contribution in [0.25, 0.3) is 0 Å². The highest BCUT2D eigenvalue weighted by Gasteiger charge is 2.43. The SMILES string of the molecule is CC[C@H](C)[C@@H]([C@@H](CC(=O)N1CCC[C@H]1[C@H](OC)[C@@H](C)C(=O)C[C@@H](CO)C(=O)OC)OC)N(C)C(=O)[C@@H](CC(=O)[C@H](C(C)C)N(C)C)C(C)C. The molecule has 1 aliphatic heterocycles. The van der Waals surface area contributed by atoms with E-state index in [0.717, 1.165) is 12.8 Å². The molecule has 1 aliphatic rings. The number of methoxy groups -OCH3 is 3. The number of aliphatic hydroxyl groups is 1. The minimum atomic E-state index is -0.962. The number of amides is 2. The molecule has 0 aliphatic carbocycles. The van der Waals surface area contributed by atoms with Crippen molar-refractivity contribution >= 4 is 29.4 Å². The number of likely N-dealkylation sites (N-methyl/N-ethyl adjacent to an activating group) is 2. The lowest BCUT2D eigenvalue weighted by atomic mass is 9.83. The standard InChI is InChI=1S/C37H67N3O9/c1-14-24(6)34(39(10)36(45)27(22(2)3)19-30(43)33(23(4)5)38(8)9)31(47-11)20-32(44)40-17-15-16-28(40)35(48-12)25(7)29(42)18-26(21-41)37(46)49-13/h22-28,31,33-35,41H,14-21H2,1-13H3/t24-,25-,26-,27-,28-,31+,33-,34-,35+/m0/s1. The predicted octanol–water partition coefficient (Wildman–Crippen LogP) is 3.47. The maximum absolute atomic E-state index is 14.2. The number of aliphatic hydroxyl groups excluding tert-OH is 1. The summed E-state index contributed by atoms with van der Waals surface area (Å²) in [5, 5.41) is 9.63. The molecule has 0 saturated carbocycles. The molecule has 1 heterocycles. The summed E-state index contributed by atoms with van der Waals surface area (Å²) in [7, 11) is 9.80. The molecule has 0 aromatic rings. The molecule has 0 aromatic carbocycles. The molecule has 0 unspecified atom stereocenters. The van der Waals surface area contributed by atoms with E-state index in [9.17, 15) is 29.1 Å². The molecule has 1 N–H and O–H groups in total. The summed E-state index contributed by atoms with van der Waals surface area (Å²) in [6, 6.07) is -1.09. The van der Waals surface area contributed by atoms with Crippen molar-refractivity contribution in [2.45, 2.75) is 117 Å². The number of nitrogens with zero attached hydrogens (tertiary/aromatic N) is 3. The van der Waals surface area contributed by atoms with Crippen LogP contribution in [-0.4, -0.2) is 135 Å². The summed E-state index contributed by atoms with van der Waals surface area (Å²) in [4.78, 5) is 72.3. The van der Waals surface area contributed by atoms with Crippen molar-refractivity contribution in [1.29, 1.82) is 0 Å². The van der Waals surface area contributed by atoms with Gasteiger partial charge in [0, 0.05) is 52.5 Å². The van der Waals surface area contributed by atoms with E-state index in [1.807, 2.05) is 60.5 Å². The van der Waals surface area contributed by atoms with Crippen LogP contribution < -0.4 is 0 Å². The number of ether oxygens (including phenoxy) is 3. The lowest BCUT2D eigenvalue weighted by molar-refractivity contribution is -0.150. The Morgan fingerprint density at radius 2 is 1.47 bits per heavy atom. The van der Waals surface area contributed by atoms with Crippen molar-refractivity contribution in [2.75, 3.05) is 55.6 Å². The number of Topliss-reactive ketones (excluding diaryl/α,β-unsaturated/α-hetero) is 2. The van der Waals surface area contributed by atoms with Gasteiger partial charge in [0.2, 0.25) is 11.8 Å². The number of ketones is 2. The van der Waals surface area contributed by atoms with Gasteiger partial charge in [0.15, 0.2) is 5.78 Å². The van der Waals surface area contributed by atoms with Crippen LogP contribution in [0.2, 0.25) is 0 Å². The van der Waals surface area contributed by atoms with Gasteiger partial charge in [-0.15, -0.1) is 0 Å². The molecule has 284 valence electrons. The molecule has 9 atom stereocenters. The van der Waals surface area contributed by atoms with Crippen LogP contribution in [0.4, 0.5) is 0 Å². The van der Waals surface area contributed by atoms with Gasteiger partial charge in [-0.1, -0.05) is 54.9 Å². The lowest BCUT2D eigenvalue weighted by Crippen LogP contribution is -2.54. The second-order valence-electron chi connectivity index (χ2n) is 14.8. The number of carbonyl (C=O) groups excluding carboxylic acids is 5. The van der Waals surface area contributed by atoms with Crippen molar-refractivity contribution in [2.24, 2.45) is 35.5 Å². The molecule has 1 fully saturated rings. The van der Waals surface area contributed by atoms with E-state index in [1.54, 1.807) is 30.9 Å².